The Hall–Kier alpha value is -3.51. The monoisotopic (exact) mass is 465 g/mol. The number of carbonyl (C=O) groups is 3. The molecule has 1 atom stereocenters. The summed E-state index contributed by atoms with van der Waals surface area (Å²) < 4.78 is 52.4. The number of likely N-dealkylation sites (tertiary alicyclic amines) is 1. The van der Waals surface area contributed by atoms with E-state index in [9.17, 15) is 32.7 Å². The second-order valence-corrected chi connectivity index (χ2v) is 7.55. The van der Waals surface area contributed by atoms with Gasteiger partial charge in [0.2, 0.25) is 5.91 Å². The van der Waals surface area contributed by atoms with Crippen molar-refractivity contribution in [3.8, 4) is 11.1 Å². The summed E-state index contributed by atoms with van der Waals surface area (Å²) in [5.41, 5.74) is -0.769. The highest BCUT2D eigenvalue weighted by atomic mass is 19.1. The zero-order valence-electron chi connectivity index (χ0n) is 17.0. The van der Waals surface area contributed by atoms with E-state index in [-0.39, 0.29) is 37.3 Å². The molecule has 0 aliphatic carbocycles. The Bertz CT molecular complexity index is 1120. The molecule has 0 bridgehead atoms. The minimum atomic E-state index is -1.25. The Morgan fingerprint density at radius 3 is 2.52 bits per heavy atom. The van der Waals surface area contributed by atoms with E-state index in [2.05, 4.69) is 10.3 Å². The van der Waals surface area contributed by atoms with Crippen LogP contribution in [0.15, 0.2) is 30.5 Å². The van der Waals surface area contributed by atoms with Gasteiger partial charge in [-0.15, -0.1) is 0 Å². The van der Waals surface area contributed by atoms with Crippen LogP contribution in [0.4, 0.5) is 13.2 Å². The maximum Gasteiger partial charge on any atom is 0.326 e. The summed E-state index contributed by atoms with van der Waals surface area (Å²) in [6.45, 7) is -0.195. The van der Waals surface area contributed by atoms with Crippen LogP contribution in [0.25, 0.3) is 11.1 Å². The molecule has 1 spiro atoms. The van der Waals surface area contributed by atoms with Crippen LogP contribution in [-0.2, 0) is 19.1 Å². The maximum atomic E-state index is 14.5. The molecule has 2 fully saturated rings. The highest BCUT2D eigenvalue weighted by Gasteiger charge is 2.52. The number of nitrogens with one attached hydrogen (secondary N) is 1. The summed E-state index contributed by atoms with van der Waals surface area (Å²) in [6, 6.07) is 2.40. The van der Waals surface area contributed by atoms with Crippen molar-refractivity contribution < 1.29 is 42.1 Å². The number of hydrogen-bond acceptors (Lipinski definition) is 6. The van der Waals surface area contributed by atoms with Crippen LogP contribution in [0.2, 0.25) is 0 Å². The Kier molecular flexibility index (Phi) is 6.04. The molecule has 1 aromatic carbocycles. The number of benzene rings is 1. The van der Waals surface area contributed by atoms with Crippen molar-refractivity contribution in [3.63, 3.8) is 0 Å². The molecule has 0 saturated carbocycles. The van der Waals surface area contributed by atoms with Gasteiger partial charge in [-0.3, -0.25) is 9.59 Å². The van der Waals surface area contributed by atoms with E-state index >= 15 is 0 Å². The van der Waals surface area contributed by atoms with Crippen molar-refractivity contribution in [1.29, 1.82) is 0 Å². The molecule has 9 nitrogen and oxygen atoms in total. The zero-order chi connectivity index (χ0) is 23.8. The third-order valence-electron chi connectivity index (χ3n) is 5.41. The van der Waals surface area contributed by atoms with Crippen molar-refractivity contribution in [1.82, 2.24) is 15.2 Å². The van der Waals surface area contributed by atoms with E-state index in [1.165, 1.54) is 0 Å². The Balaban J connectivity index is 1.43. The normalized spacial score (nSPS) is 19.1. The van der Waals surface area contributed by atoms with Gasteiger partial charge in [-0.2, -0.15) is 0 Å². The minimum absolute atomic E-state index is 0.0131. The minimum Gasteiger partial charge on any atom is -0.480 e. The van der Waals surface area contributed by atoms with Crippen LogP contribution >= 0.6 is 0 Å². The Labute approximate surface area is 185 Å². The van der Waals surface area contributed by atoms with Gasteiger partial charge in [-0.05, 0) is 18.2 Å². The molecule has 3 heterocycles. The summed E-state index contributed by atoms with van der Waals surface area (Å²) in [7, 11) is 0. The van der Waals surface area contributed by atoms with Gasteiger partial charge >= 0.3 is 5.97 Å². The van der Waals surface area contributed by atoms with Crippen LogP contribution in [0, 0.1) is 17.5 Å². The van der Waals surface area contributed by atoms with E-state index in [0.29, 0.717) is 6.07 Å². The molecule has 33 heavy (non-hydrogen) atoms. The van der Waals surface area contributed by atoms with Gasteiger partial charge in [0, 0.05) is 29.8 Å². The number of aromatic nitrogens is 1. The lowest BCUT2D eigenvalue weighted by atomic mass is 10.1. The zero-order valence-corrected chi connectivity index (χ0v) is 17.0. The fraction of sp³-hybridized carbons (Fsp3) is 0.333. The molecular formula is C21H18F3N3O6. The predicted molar refractivity (Wildman–Crippen MR) is 104 cm³/mol. The summed E-state index contributed by atoms with van der Waals surface area (Å²) in [6.07, 6.45) is 0.981. The van der Waals surface area contributed by atoms with Crippen LogP contribution < -0.4 is 5.32 Å². The number of nitrogens with zero attached hydrogens (tertiary/aromatic N) is 2. The van der Waals surface area contributed by atoms with Gasteiger partial charge in [-0.25, -0.2) is 22.9 Å². The van der Waals surface area contributed by atoms with E-state index in [0.717, 1.165) is 29.3 Å². The SMILES string of the molecule is O=C(NCC(=O)N1CC2(C[C@H]1C(=O)O)OCCO2)c1ncc(-c2ccc(F)cc2F)cc1F. The molecule has 2 amide bonds. The number of carboxylic acids is 1. The summed E-state index contributed by atoms with van der Waals surface area (Å²) in [5.74, 6) is -7.00. The first-order valence-corrected chi connectivity index (χ1v) is 9.88. The second kappa shape index (κ2) is 8.79. The number of carboxylic acid groups (broad SMARTS) is 1. The molecular weight excluding hydrogens is 447 g/mol. The van der Waals surface area contributed by atoms with Gasteiger partial charge < -0.3 is 24.8 Å². The molecule has 2 aliphatic heterocycles. The third-order valence-corrected chi connectivity index (χ3v) is 5.41. The van der Waals surface area contributed by atoms with Crippen molar-refractivity contribution in [2.75, 3.05) is 26.3 Å². The van der Waals surface area contributed by atoms with Gasteiger partial charge in [0.25, 0.3) is 5.91 Å². The van der Waals surface area contributed by atoms with Crippen molar-refractivity contribution in [2.45, 2.75) is 18.2 Å². The highest BCUT2D eigenvalue weighted by Crippen LogP contribution is 2.34. The van der Waals surface area contributed by atoms with Gasteiger partial charge in [0.15, 0.2) is 17.3 Å². The summed E-state index contributed by atoms with van der Waals surface area (Å²) >= 11 is 0. The molecule has 1 aromatic heterocycles. The maximum absolute atomic E-state index is 14.5. The molecule has 174 valence electrons. The largest absolute Gasteiger partial charge is 0.480 e. The van der Waals surface area contributed by atoms with Gasteiger partial charge in [0.1, 0.15) is 17.7 Å². The molecule has 4 rings (SSSR count). The van der Waals surface area contributed by atoms with Crippen LogP contribution in [0.3, 0.4) is 0 Å². The number of ether oxygens (including phenoxy) is 2. The first-order valence-electron chi connectivity index (χ1n) is 9.88. The number of pyridine rings is 1. The number of amides is 2. The molecule has 0 radical (unpaired) electrons. The summed E-state index contributed by atoms with van der Waals surface area (Å²) in [5, 5.41) is 11.6. The lowest BCUT2D eigenvalue weighted by Crippen LogP contribution is -2.46. The molecule has 2 aliphatic rings. The topological polar surface area (TPSA) is 118 Å². The Morgan fingerprint density at radius 1 is 1.15 bits per heavy atom. The average Bonchev–Trinajstić information content (AvgIpc) is 3.39. The Morgan fingerprint density at radius 2 is 1.88 bits per heavy atom. The number of aliphatic carboxylic acids is 1. The molecule has 2 N–H and O–H groups in total. The standard InChI is InChI=1S/C21H18F3N3O6/c22-12-1-2-13(14(23)6-12)11-5-15(24)18(25-8-11)19(29)26-9-17(28)27-10-21(32-3-4-33-21)7-16(27)20(30)31/h1-2,5-6,8,16H,3-4,7,9-10H2,(H,26,29)(H,30,31)/t16-/m0/s1. The van der Waals surface area contributed by atoms with Crippen LogP contribution in [0.1, 0.15) is 16.9 Å². The van der Waals surface area contributed by atoms with E-state index in [1.54, 1.807) is 0 Å². The summed E-state index contributed by atoms with van der Waals surface area (Å²) in [4.78, 5) is 41.2. The number of hydrogen-bond donors (Lipinski definition) is 2. The predicted octanol–water partition coefficient (Wildman–Crippen LogP) is 1.32. The van der Waals surface area contributed by atoms with E-state index < -0.39 is 59.3 Å². The number of carbonyl (C=O) groups excluding carboxylic acids is 2. The van der Waals surface area contributed by atoms with Crippen LogP contribution in [0.5, 0.6) is 0 Å². The first-order chi connectivity index (χ1) is 15.7. The lowest BCUT2D eigenvalue weighted by Gasteiger charge is -2.23. The average molecular weight is 465 g/mol. The van der Waals surface area contributed by atoms with Crippen molar-refractivity contribution in [3.05, 3.63) is 53.6 Å². The molecule has 2 saturated heterocycles. The van der Waals surface area contributed by atoms with Crippen LogP contribution in [-0.4, -0.2) is 70.9 Å². The van der Waals surface area contributed by atoms with Crippen molar-refractivity contribution in [2.24, 2.45) is 0 Å². The number of halogens is 3. The fourth-order valence-corrected chi connectivity index (χ4v) is 3.84. The van der Waals surface area contributed by atoms with E-state index in [4.69, 9.17) is 9.47 Å². The van der Waals surface area contributed by atoms with Gasteiger partial charge in [0.05, 0.1) is 26.3 Å². The van der Waals surface area contributed by atoms with Crippen molar-refractivity contribution >= 4 is 17.8 Å². The third kappa shape index (κ3) is 4.52. The lowest BCUT2D eigenvalue weighted by molar-refractivity contribution is -0.152. The smallest absolute Gasteiger partial charge is 0.326 e. The highest BCUT2D eigenvalue weighted by molar-refractivity contribution is 5.96. The fourth-order valence-electron chi connectivity index (χ4n) is 3.84. The first kappa shape index (κ1) is 22.7. The second-order valence-electron chi connectivity index (χ2n) is 7.55. The van der Waals surface area contributed by atoms with E-state index in [1.807, 2.05) is 0 Å². The quantitative estimate of drug-likeness (QED) is 0.684. The molecule has 0 unspecified atom stereocenters. The molecule has 12 heteroatoms. The van der Waals surface area contributed by atoms with Gasteiger partial charge in [-0.1, -0.05) is 0 Å². The number of rotatable bonds is 5. The molecule has 2 aromatic rings.